The Morgan fingerprint density at radius 2 is 2.06 bits per heavy atom. The lowest BCUT2D eigenvalue weighted by Crippen LogP contribution is -2.57. The van der Waals surface area contributed by atoms with Gasteiger partial charge in [-0.15, -0.1) is 0 Å². The van der Waals surface area contributed by atoms with E-state index in [1.807, 2.05) is 0 Å². The van der Waals surface area contributed by atoms with E-state index < -0.39 is 10.0 Å². The zero-order valence-electron chi connectivity index (χ0n) is 9.77. The van der Waals surface area contributed by atoms with E-state index in [0.717, 1.165) is 0 Å². The van der Waals surface area contributed by atoms with Crippen LogP contribution in [0.25, 0.3) is 0 Å². The maximum absolute atomic E-state index is 12.4. The van der Waals surface area contributed by atoms with Crippen LogP contribution in [0.2, 0.25) is 5.02 Å². The summed E-state index contributed by atoms with van der Waals surface area (Å²) in [6, 6.07) is 4.97. The third kappa shape index (κ3) is 2.33. The molecule has 1 aliphatic rings. The van der Waals surface area contributed by atoms with Gasteiger partial charge in [-0.2, -0.15) is 4.31 Å². The van der Waals surface area contributed by atoms with Crippen LogP contribution in [0.3, 0.4) is 0 Å². The predicted octanol–water partition coefficient (Wildman–Crippen LogP) is 1.24. The van der Waals surface area contributed by atoms with E-state index in [1.165, 1.54) is 10.4 Å². The van der Waals surface area contributed by atoms with Crippen molar-refractivity contribution >= 4 is 21.6 Å². The van der Waals surface area contributed by atoms with Crippen molar-refractivity contribution in [2.24, 2.45) is 0 Å². The molecule has 0 bridgehead atoms. The molecule has 6 heteroatoms. The molecule has 94 valence electrons. The molecule has 0 aromatic heterocycles. The number of rotatable bonds is 3. The van der Waals surface area contributed by atoms with E-state index in [4.69, 9.17) is 11.6 Å². The Labute approximate surface area is 107 Å². The number of nitrogens with one attached hydrogen (secondary N) is 1. The monoisotopic (exact) mass is 274 g/mol. The summed E-state index contributed by atoms with van der Waals surface area (Å²) in [6.07, 6.45) is 0. The Bertz CT molecular complexity index is 526. The Hall–Kier alpha value is -0.620. The van der Waals surface area contributed by atoms with Crippen molar-refractivity contribution in [1.29, 1.82) is 0 Å². The summed E-state index contributed by atoms with van der Waals surface area (Å²) in [5, 5.41) is 3.50. The Morgan fingerprint density at radius 3 is 2.59 bits per heavy atom. The van der Waals surface area contributed by atoms with Crippen LogP contribution in [-0.2, 0) is 10.0 Å². The fourth-order valence-corrected chi connectivity index (χ4v) is 3.57. The molecule has 1 aromatic carbocycles. The summed E-state index contributed by atoms with van der Waals surface area (Å²) in [7, 11) is -1.83. The minimum absolute atomic E-state index is 0.0402. The molecule has 0 unspecified atom stereocenters. The molecule has 0 saturated carbocycles. The van der Waals surface area contributed by atoms with Crippen molar-refractivity contribution in [2.45, 2.75) is 17.9 Å². The first-order valence-electron chi connectivity index (χ1n) is 5.38. The van der Waals surface area contributed by atoms with Gasteiger partial charge in [0.25, 0.3) is 0 Å². The van der Waals surface area contributed by atoms with Crippen LogP contribution in [0.1, 0.15) is 5.56 Å². The fraction of sp³-hybridized carbons (Fsp3) is 0.455. The van der Waals surface area contributed by atoms with Crippen molar-refractivity contribution in [2.75, 3.05) is 20.1 Å². The summed E-state index contributed by atoms with van der Waals surface area (Å²) < 4.78 is 26.2. The van der Waals surface area contributed by atoms with Gasteiger partial charge < -0.3 is 5.32 Å². The number of aryl methyl sites for hydroxylation is 1. The van der Waals surface area contributed by atoms with Gasteiger partial charge in [0.1, 0.15) is 0 Å². The van der Waals surface area contributed by atoms with E-state index in [0.29, 0.717) is 28.6 Å². The van der Waals surface area contributed by atoms with Crippen molar-refractivity contribution < 1.29 is 8.42 Å². The van der Waals surface area contributed by atoms with E-state index in [1.54, 1.807) is 26.1 Å². The van der Waals surface area contributed by atoms with Gasteiger partial charge in [-0.05, 0) is 24.6 Å². The second-order valence-corrected chi connectivity index (χ2v) is 6.65. The molecular formula is C11H15ClN2O2S. The predicted molar refractivity (Wildman–Crippen MR) is 67.8 cm³/mol. The average molecular weight is 275 g/mol. The lowest BCUT2D eigenvalue weighted by molar-refractivity contribution is 0.274. The van der Waals surface area contributed by atoms with E-state index in [-0.39, 0.29) is 6.04 Å². The number of halogens is 1. The van der Waals surface area contributed by atoms with Crippen molar-refractivity contribution in [3.8, 4) is 0 Å². The molecule has 4 nitrogen and oxygen atoms in total. The Kier molecular flexibility index (Phi) is 3.45. The van der Waals surface area contributed by atoms with Crippen molar-refractivity contribution in [3.05, 3.63) is 28.8 Å². The smallest absolute Gasteiger partial charge is 0.243 e. The fourth-order valence-electron chi connectivity index (χ4n) is 1.73. The molecule has 1 fully saturated rings. The molecule has 1 N–H and O–H groups in total. The molecule has 0 spiro atoms. The van der Waals surface area contributed by atoms with Gasteiger partial charge >= 0.3 is 0 Å². The molecular weight excluding hydrogens is 260 g/mol. The number of hydrogen-bond acceptors (Lipinski definition) is 3. The minimum Gasteiger partial charge on any atom is -0.313 e. The lowest BCUT2D eigenvalue weighted by atomic mass is 10.2. The van der Waals surface area contributed by atoms with E-state index in [9.17, 15) is 8.42 Å². The molecule has 17 heavy (non-hydrogen) atoms. The third-order valence-corrected chi connectivity index (χ3v) is 5.37. The molecule has 0 amide bonds. The summed E-state index contributed by atoms with van der Waals surface area (Å²) >= 11 is 5.86. The number of sulfonamides is 1. The molecule has 0 atom stereocenters. The SMILES string of the molecule is Cc1ccc(Cl)cc1S(=O)(=O)N(C)C1CNC1. The number of nitrogens with zero attached hydrogens (tertiary/aromatic N) is 1. The maximum atomic E-state index is 12.4. The largest absolute Gasteiger partial charge is 0.313 e. The van der Waals surface area contributed by atoms with Crippen LogP contribution >= 0.6 is 11.6 Å². The topological polar surface area (TPSA) is 49.4 Å². The summed E-state index contributed by atoms with van der Waals surface area (Å²) in [4.78, 5) is 0.291. The van der Waals surface area contributed by atoms with Crippen LogP contribution < -0.4 is 5.32 Å². The first-order chi connectivity index (χ1) is 7.93. The van der Waals surface area contributed by atoms with Crippen LogP contribution in [0, 0.1) is 6.92 Å². The molecule has 1 heterocycles. The van der Waals surface area contributed by atoms with Gasteiger partial charge in [0.15, 0.2) is 0 Å². The van der Waals surface area contributed by atoms with Crippen molar-refractivity contribution in [1.82, 2.24) is 9.62 Å². The quantitative estimate of drug-likeness (QED) is 0.902. The minimum atomic E-state index is -3.44. The first kappa shape index (κ1) is 12.8. The van der Waals surface area contributed by atoms with Gasteiger partial charge in [0.05, 0.1) is 4.90 Å². The number of benzene rings is 1. The van der Waals surface area contributed by atoms with Gasteiger partial charge in [-0.25, -0.2) is 8.42 Å². The van der Waals surface area contributed by atoms with Gasteiger partial charge in [-0.1, -0.05) is 17.7 Å². The Balaban J connectivity index is 2.39. The normalized spacial score (nSPS) is 17.2. The zero-order chi connectivity index (χ0) is 12.6. The molecule has 1 saturated heterocycles. The van der Waals surface area contributed by atoms with Crippen LogP contribution in [0.5, 0.6) is 0 Å². The van der Waals surface area contributed by atoms with Gasteiger partial charge in [0.2, 0.25) is 10.0 Å². The lowest BCUT2D eigenvalue weighted by Gasteiger charge is -2.34. The zero-order valence-corrected chi connectivity index (χ0v) is 11.3. The van der Waals surface area contributed by atoms with Crippen molar-refractivity contribution in [3.63, 3.8) is 0 Å². The summed E-state index contributed by atoms with van der Waals surface area (Å²) in [5.74, 6) is 0. The molecule has 0 radical (unpaired) electrons. The highest BCUT2D eigenvalue weighted by molar-refractivity contribution is 7.89. The van der Waals surface area contributed by atoms with Crippen LogP contribution in [-0.4, -0.2) is 38.9 Å². The van der Waals surface area contributed by atoms with Crippen LogP contribution in [0.15, 0.2) is 23.1 Å². The standard InChI is InChI=1S/C11H15ClN2O2S/c1-8-3-4-9(12)5-11(8)17(15,16)14(2)10-6-13-7-10/h3-5,10,13H,6-7H2,1-2H3. The highest BCUT2D eigenvalue weighted by atomic mass is 35.5. The van der Waals surface area contributed by atoms with Gasteiger partial charge in [0, 0.05) is 31.2 Å². The molecule has 1 aromatic rings. The highest BCUT2D eigenvalue weighted by Crippen LogP contribution is 2.24. The first-order valence-corrected chi connectivity index (χ1v) is 7.19. The second-order valence-electron chi connectivity index (χ2n) is 4.24. The third-order valence-electron chi connectivity index (χ3n) is 3.08. The maximum Gasteiger partial charge on any atom is 0.243 e. The average Bonchev–Trinajstić information content (AvgIpc) is 2.19. The van der Waals surface area contributed by atoms with Gasteiger partial charge in [-0.3, -0.25) is 0 Å². The second kappa shape index (κ2) is 4.57. The van der Waals surface area contributed by atoms with E-state index in [2.05, 4.69) is 5.32 Å². The Morgan fingerprint density at radius 1 is 1.41 bits per heavy atom. The number of likely N-dealkylation sites (N-methyl/N-ethyl adjacent to an activating group) is 1. The highest BCUT2D eigenvalue weighted by Gasteiger charge is 2.32. The molecule has 0 aliphatic carbocycles. The molecule has 2 rings (SSSR count). The summed E-state index contributed by atoms with van der Waals surface area (Å²) in [6.45, 7) is 3.18. The number of hydrogen-bond donors (Lipinski definition) is 1. The summed E-state index contributed by atoms with van der Waals surface area (Å²) in [5.41, 5.74) is 0.716. The van der Waals surface area contributed by atoms with E-state index >= 15 is 0 Å². The molecule has 1 aliphatic heterocycles. The van der Waals surface area contributed by atoms with Crippen LogP contribution in [0.4, 0.5) is 0 Å².